The summed E-state index contributed by atoms with van der Waals surface area (Å²) in [5.41, 5.74) is 1.39. The van der Waals surface area contributed by atoms with Crippen LogP contribution in [-0.4, -0.2) is 31.7 Å². The van der Waals surface area contributed by atoms with Gasteiger partial charge in [0.2, 0.25) is 5.91 Å². The summed E-state index contributed by atoms with van der Waals surface area (Å²) in [6.07, 6.45) is 4.80. The first-order chi connectivity index (χ1) is 12.0. The first kappa shape index (κ1) is 17.6. The van der Waals surface area contributed by atoms with Crippen LogP contribution in [0.25, 0.3) is 0 Å². The van der Waals surface area contributed by atoms with Crippen LogP contribution in [-0.2, 0) is 9.53 Å². The topological polar surface area (TPSA) is 79.5 Å². The molecule has 25 heavy (non-hydrogen) atoms. The van der Waals surface area contributed by atoms with Crippen molar-refractivity contribution in [3.63, 3.8) is 0 Å². The molecule has 0 aromatic heterocycles. The fourth-order valence-corrected chi connectivity index (χ4v) is 4.38. The maximum atomic E-state index is 12.2. The average Bonchev–Trinajstić information content (AvgIpc) is 3.23. The van der Waals surface area contributed by atoms with Gasteiger partial charge in [0.25, 0.3) is 0 Å². The van der Waals surface area contributed by atoms with E-state index in [9.17, 15) is 9.59 Å². The Balaban J connectivity index is 1.45. The maximum absolute atomic E-state index is 12.2. The van der Waals surface area contributed by atoms with Gasteiger partial charge in [0.05, 0.1) is 13.7 Å². The first-order valence-corrected chi connectivity index (χ1v) is 9.03. The molecule has 6 nitrogen and oxygen atoms in total. The predicted octanol–water partition coefficient (Wildman–Crippen LogP) is 3.22. The highest BCUT2D eigenvalue weighted by atomic mass is 16.5. The average molecular weight is 345 g/mol. The second kappa shape index (κ2) is 7.76. The number of rotatable bonds is 6. The molecule has 4 atom stereocenters. The van der Waals surface area contributed by atoms with Gasteiger partial charge in [0, 0.05) is 17.4 Å². The normalized spacial score (nSPS) is 25.3. The highest BCUT2D eigenvalue weighted by Gasteiger charge is 2.42. The minimum atomic E-state index is -0.519. The van der Waals surface area contributed by atoms with Gasteiger partial charge in [-0.25, -0.2) is 4.79 Å². The Morgan fingerprint density at radius 2 is 2.04 bits per heavy atom. The Kier molecular flexibility index (Phi) is 5.46. The standard InChI is InChI=1S/C19H27N3O3/c1-12(17-9-13-6-7-14(17)8-13)21-18(23)11-20-15-4-3-5-16(10-15)22-19(24)25-2/h3-5,10,12-14,17,20H,6-9,11H2,1-2H3,(H,21,23)(H,22,24)/t12-,13-,14-,17+/m0/s1. The third-order valence-electron chi connectivity index (χ3n) is 5.57. The summed E-state index contributed by atoms with van der Waals surface area (Å²) in [7, 11) is 1.32. The summed E-state index contributed by atoms with van der Waals surface area (Å²) in [5.74, 6) is 2.32. The fourth-order valence-electron chi connectivity index (χ4n) is 4.38. The molecule has 2 saturated carbocycles. The number of nitrogens with one attached hydrogen (secondary N) is 3. The lowest BCUT2D eigenvalue weighted by Gasteiger charge is -2.28. The fraction of sp³-hybridized carbons (Fsp3) is 0.579. The molecule has 0 radical (unpaired) electrons. The Labute approximate surface area is 148 Å². The van der Waals surface area contributed by atoms with E-state index in [4.69, 9.17) is 0 Å². The van der Waals surface area contributed by atoms with Crippen molar-refractivity contribution in [1.82, 2.24) is 5.32 Å². The molecule has 0 saturated heterocycles. The monoisotopic (exact) mass is 345 g/mol. The second-order valence-electron chi connectivity index (χ2n) is 7.25. The third kappa shape index (κ3) is 4.44. The Hall–Kier alpha value is -2.24. The number of ether oxygens (including phenoxy) is 1. The van der Waals surface area contributed by atoms with E-state index in [0.717, 1.165) is 17.5 Å². The Bertz CT molecular complexity index is 634. The van der Waals surface area contributed by atoms with Gasteiger partial charge in [0.15, 0.2) is 0 Å². The van der Waals surface area contributed by atoms with E-state index in [1.54, 1.807) is 12.1 Å². The number of carbonyl (C=O) groups is 2. The van der Waals surface area contributed by atoms with Crippen LogP contribution in [0.5, 0.6) is 0 Å². The van der Waals surface area contributed by atoms with Gasteiger partial charge >= 0.3 is 6.09 Å². The van der Waals surface area contributed by atoms with Crippen molar-refractivity contribution in [3.8, 4) is 0 Å². The number of methoxy groups -OCH3 is 1. The zero-order chi connectivity index (χ0) is 17.8. The van der Waals surface area contributed by atoms with E-state index in [1.165, 1.54) is 32.8 Å². The number of amides is 2. The number of benzene rings is 1. The number of hydrogen-bond acceptors (Lipinski definition) is 4. The molecular formula is C19H27N3O3. The van der Waals surface area contributed by atoms with Gasteiger partial charge < -0.3 is 15.4 Å². The molecule has 6 heteroatoms. The summed E-state index contributed by atoms with van der Waals surface area (Å²) in [5, 5.41) is 8.85. The van der Waals surface area contributed by atoms with Crippen molar-refractivity contribution in [2.75, 3.05) is 24.3 Å². The van der Waals surface area contributed by atoms with Crippen molar-refractivity contribution in [3.05, 3.63) is 24.3 Å². The molecule has 2 aliphatic carbocycles. The third-order valence-corrected chi connectivity index (χ3v) is 5.57. The summed E-state index contributed by atoms with van der Waals surface area (Å²) < 4.78 is 4.57. The number of carbonyl (C=O) groups excluding carboxylic acids is 2. The van der Waals surface area contributed by atoms with Crippen LogP contribution >= 0.6 is 0 Å². The number of fused-ring (bicyclic) bond motifs is 2. The zero-order valence-electron chi connectivity index (χ0n) is 14.9. The molecule has 1 aromatic rings. The molecular weight excluding hydrogens is 318 g/mol. The highest BCUT2D eigenvalue weighted by molar-refractivity contribution is 5.85. The summed E-state index contributed by atoms with van der Waals surface area (Å²) in [6, 6.07) is 7.43. The lowest BCUT2D eigenvalue weighted by molar-refractivity contribution is -0.120. The lowest BCUT2D eigenvalue weighted by atomic mass is 9.84. The molecule has 136 valence electrons. The molecule has 2 amide bonds. The van der Waals surface area contributed by atoms with Gasteiger partial charge in [-0.15, -0.1) is 0 Å². The van der Waals surface area contributed by atoms with E-state index < -0.39 is 6.09 Å². The van der Waals surface area contributed by atoms with E-state index in [-0.39, 0.29) is 18.5 Å². The van der Waals surface area contributed by atoms with Crippen LogP contribution in [0.4, 0.5) is 16.2 Å². The van der Waals surface area contributed by atoms with Crippen molar-refractivity contribution >= 4 is 23.4 Å². The lowest BCUT2D eigenvalue weighted by Crippen LogP contribution is -2.42. The van der Waals surface area contributed by atoms with E-state index in [2.05, 4.69) is 27.6 Å². The van der Waals surface area contributed by atoms with Crippen molar-refractivity contribution in [1.29, 1.82) is 0 Å². The van der Waals surface area contributed by atoms with Gasteiger partial charge in [-0.2, -0.15) is 0 Å². The molecule has 3 N–H and O–H groups in total. The molecule has 2 fully saturated rings. The molecule has 0 heterocycles. The number of hydrogen-bond donors (Lipinski definition) is 3. The Morgan fingerprint density at radius 1 is 1.24 bits per heavy atom. The van der Waals surface area contributed by atoms with Crippen LogP contribution in [0.1, 0.15) is 32.6 Å². The van der Waals surface area contributed by atoms with Crippen LogP contribution < -0.4 is 16.0 Å². The van der Waals surface area contributed by atoms with Gasteiger partial charge in [-0.3, -0.25) is 10.1 Å². The zero-order valence-corrected chi connectivity index (χ0v) is 14.9. The minimum absolute atomic E-state index is 0.00148. The number of anilines is 2. The molecule has 0 aliphatic heterocycles. The SMILES string of the molecule is COC(=O)Nc1cccc(NCC(=O)N[C@@H](C)[C@H]2C[C@H]3CC[C@H]2C3)c1. The summed E-state index contributed by atoms with van der Waals surface area (Å²) in [4.78, 5) is 23.5. The Morgan fingerprint density at radius 3 is 2.72 bits per heavy atom. The van der Waals surface area contributed by atoms with E-state index in [0.29, 0.717) is 11.6 Å². The van der Waals surface area contributed by atoms with Crippen molar-refractivity contribution in [2.45, 2.75) is 38.6 Å². The quantitative estimate of drug-likeness (QED) is 0.740. The largest absolute Gasteiger partial charge is 0.453 e. The molecule has 0 spiro atoms. The van der Waals surface area contributed by atoms with E-state index >= 15 is 0 Å². The van der Waals surface area contributed by atoms with Crippen LogP contribution in [0.2, 0.25) is 0 Å². The minimum Gasteiger partial charge on any atom is -0.453 e. The second-order valence-corrected chi connectivity index (χ2v) is 7.25. The maximum Gasteiger partial charge on any atom is 0.411 e. The van der Waals surface area contributed by atoms with Crippen LogP contribution in [0, 0.1) is 17.8 Å². The molecule has 2 bridgehead atoms. The van der Waals surface area contributed by atoms with E-state index in [1.807, 2.05) is 12.1 Å². The highest BCUT2D eigenvalue weighted by Crippen LogP contribution is 2.49. The molecule has 1 aromatic carbocycles. The summed E-state index contributed by atoms with van der Waals surface area (Å²) >= 11 is 0. The predicted molar refractivity (Wildman–Crippen MR) is 97.5 cm³/mol. The van der Waals surface area contributed by atoms with Crippen molar-refractivity contribution in [2.24, 2.45) is 17.8 Å². The first-order valence-electron chi connectivity index (χ1n) is 9.03. The van der Waals surface area contributed by atoms with Gasteiger partial charge in [-0.05, 0) is 62.1 Å². The van der Waals surface area contributed by atoms with Gasteiger partial charge in [-0.1, -0.05) is 12.5 Å². The molecule has 2 aliphatic rings. The van der Waals surface area contributed by atoms with Gasteiger partial charge in [0.1, 0.15) is 0 Å². The van der Waals surface area contributed by atoms with Crippen LogP contribution in [0.3, 0.4) is 0 Å². The molecule has 3 rings (SSSR count). The van der Waals surface area contributed by atoms with Crippen LogP contribution in [0.15, 0.2) is 24.3 Å². The molecule has 0 unspecified atom stereocenters. The van der Waals surface area contributed by atoms with Crippen molar-refractivity contribution < 1.29 is 14.3 Å². The smallest absolute Gasteiger partial charge is 0.411 e. The summed E-state index contributed by atoms with van der Waals surface area (Å²) in [6.45, 7) is 2.34.